The molecule has 1 amide bonds. The van der Waals surface area contributed by atoms with Crippen LogP contribution in [-0.2, 0) is 11.2 Å². The summed E-state index contributed by atoms with van der Waals surface area (Å²) in [6, 6.07) is 11.9. The number of nitrogens with zero attached hydrogens (tertiary/aromatic N) is 3. The van der Waals surface area contributed by atoms with Crippen LogP contribution in [-0.4, -0.2) is 26.8 Å². The third-order valence-electron chi connectivity index (χ3n) is 3.23. The Labute approximate surface area is 148 Å². The van der Waals surface area contributed by atoms with E-state index in [1.807, 2.05) is 43.3 Å². The molecular formula is C17H16N4OS2. The highest BCUT2D eigenvalue weighted by molar-refractivity contribution is 8.01. The van der Waals surface area contributed by atoms with E-state index in [1.54, 1.807) is 12.4 Å². The maximum Gasteiger partial charge on any atom is 0.234 e. The number of aromatic nitrogens is 3. The van der Waals surface area contributed by atoms with Crippen molar-refractivity contribution in [3.63, 3.8) is 0 Å². The summed E-state index contributed by atoms with van der Waals surface area (Å²) in [6.45, 7) is 1.90. The molecule has 0 aliphatic carbocycles. The van der Waals surface area contributed by atoms with Crippen molar-refractivity contribution in [3.05, 3.63) is 64.9 Å². The molecule has 1 aromatic carbocycles. The van der Waals surface area contributed by atoms with Gasteiger partial charge in [-0.15, -0.1) is 10.2 Å². The number of aryl methyl sites for hydroxylation is 1. The first-order chi connectivity index (χ1) is 11.7. The molecule has 1 N–H and O–H groups in total. The number of pyridine rings is 1. The number of thioether (sulfide) groups is 1. The average Bonchev–Trinajstić information content (AvgIpc) is 3.01. The van der Waals surface area contributed by atoms with Gasteiger partial charge in [0.1, 0.15) is 5.01 Å². The molecule has 122 valence electrons. The van der Waals surface area contributed by atoms with Gasteiger partial charge >= 0.3 is 0 Å². The van der Waals surface area contributed by atoms with Gasteiger partial charge in [0, 0.05) is 18.1 Å². The van der Waals surface area contributed by atoms with Crippen molar-refractivity contribution in [2.75, 3.05) is 11.1 Å². The van der Waals surface area contributed by atoms with Gasteiger partial charge in [-0.1, -0.05) is 35.2 Å². The van der Waals surface area contributed by atoms with Crippen LogP contribution in [0, 0.1) is 6.92 Å². The van der Waals surface area contributed by atoms with E-state index in [0.717, 1.165) is 21.5 Å². The Morgan fingerprint density at radius 2 is 1.79 bits per heavy atom. The maximum atomic E-state index is 12.0. The predicted octanol–water partition coefficient (Wildman–Crippen LogP) is 3.56. The number of anilines is 1. The Kier molecular flexibility index (Phi) is 5.55. The van der Waals surface area contributed by atoms with Crippen LogP contribution in [0.5, 0.6) is 0 Å². The van der Waals surface area contributed by atoms with Crippen LogP contribution in [0.1, 0.15) is 16.1 Å². The van der Waals surface area contributed by atoms with Crippen LogP contribution < -0.4 is 5.32 Å². The van der Waals surface area contributed by atoms with E-state index in [1.165, 1.54) is 34.2 Å². The number of hydrogen-bond donors (Lipinski definition) is 1. The predicted molar refractivity (Wildman–Crippen MR) is 97.5 cm³/mol. The van der Waals surface area contributed by atoms with E-state index in [0.29, 0.717) is 5.75 Å². The number of hydrogen-bond acceptors (Lipinski definition) is 6. The topological polar surface area (TPSA) is 67.8 Å². The fraction of sp³-hybridized carbons (Fsp3) is 0.176. The summed E-state index contributed by atoms with van der Waals surface area (Å²) in [6.07, 6.45) is 4.44. The summed E-state index contributed by atoms with van der Waals surface area (Å²) in [4.78, 5) is 16.0. The zero-order valence-electron chi connectivity index (χ0n) is 13.1. The summed E-state index contributed by atoms with van der Waals surface area (Å²) >= 11 is 2.90. The summed E-state index contributed by atoms with van der Waals surface area (Å²) in [5.41, 5.74) is 3.20. The molecule has 3 aromatic rings. The molecular weight excluding hydrogens is 340 g/mol. The van der Waals surface area contributed by atoms with Crippen LogP contribution in [0.25, 0.3) is 0 Å². The first-order valence-corrected chi connectivity index (χ1v) is 9.20. The van der Waals surface area contributed by atoms with Gasteiger partial charge in [-0.2, -0.15) is 0 Å². The van der Waals surface area contributed by atoms with E-state index < -0.39 is 0 Å². The van der Waals surface area contributed by atoms with E-state index >= 15 is 0 Å². The van der Waals surface area contributed by atoms with Gasteiger partial charge in [0.2, 0.25) is 5.91 Å². The highest BCUT2D eigenvalue weighted by atomic mass is 32.2. The molecule has 0 radical (unpaired) electrons. The second kappa shape index (κ2) is 8.03. The lowest BCUT2D eigenvalue weighted by atomic mass is 10.1. The Morgan fingerprint density at radius 3 is 2.46 bits per heavy atom. The number of rotatable bonds is 6. The first kappa shape index (κ1) is 16.6. The summed E-state index contributed by atoms with van der Waals surface area (Å²) in [5.74, 6) is 0.280. The number of amides is 1. The Bertz CT molecular complexity index is 803. The van der Waals surface area contributed by atoms with Crippen molar-refractivity contribution >= 4 is 34.7 Å². The average molecular weight is 356 g/mol. The van der Waals surface area contributed by atoms with Gasteiger partial charge in [0.05, 0.1) is 5.75 Å². The van der Waals surface area contributed by atoms with Crippen LogP contribution in [0.3, 0.4) is 0 Å². The maximum absolute atomic E-state index is 12.0. The summed E-state index contributed by atoms with van der Waals surface area (Å²) < 4.78 is 0.815. The first-order valence-electron chi connectivity index (χ1n) is 7.39. The molecule has 24 heavy (non-hydrogen) atoms. The molecule has 0 bridgehead atoms. The lowest BCUT2D eigenvalue weighted by Gasteiger charge is -2.06. The molecule has 0 fully saturated rings. The van der Waals surface area contributed by atoms with Crippen molar-refractivity contribution in [2.24, 2.45) is 0 Å². The van der Waals surface area contributed by atoms with E-state index in [9.17, 15) is 4.79 Å². The van der Waals surface area contributed by atoms with E-state index in [4.69, 9.17) is 0 Å². The van der Waals surface area contributed by atoms with Crippen molar-refractivity contribution in [1.29, 1.82) is 0 Å². The standard InChI is InChI=1S/C17H16N4OS2/c1-12-20-21-17(24-12)23-11-16(22)19-15-4-2-13(3-5-15)10-14-6-8-18-9-7-14/h2-9H,10-11H2,1H3,(H,19,22). The van der Waals surface area contributed by atoms with Gasteiger partial charge < -0.3 is 5.32 Å². The highest BCUT2D eigenvalue weighted by Crippen LogP contribution is 2.22. The second-order valence-corrected chi connectivity index (χ2v) is 7.56. The molecule has 0 atom stereocenters. The molecule has 0 saturated heterocycles. The molecule has 5 nitrogen and oxygen atoms in total. The normalized spacial score (nSPS) is 10.5. The lowest BCUT2D eigenvalue weighted by Crippen LogP contribution is -2.13. The molecule has 3 rings (SSSR count). The zero-order chi connectivity index (χ0) is 16.8. The fourth-order valence-corrected chi connectivity index (χ4v) is 3.72. The largest absolute Gasteiger partial charge is 0.325 e. The van der Waals surface area contributed by atoms with Gasteiger partial charge in [0.15, 0.2) is 4.34 Å². The number of benzene rings is 1. The number of carbonyl (C=O) groups is 1. The monoisotopic (exact) mass is 356 g/mol. The van der Waals surface area contributed by atoms with Gasteiger partial charge in [-0.25, -0.2) is 0 Å². The Hall–Kier alpha value is -2.25. The van der Waals surface area contributed by atoms with E-state index in [2.05, 4.69) is 20.5 Å². The summed E-state index contributed by atoms with van der Waals surface area (Å²) in [7, 11) is 0. The lowest BCUT2D eigenvalue weighted by molar-refractivity contribution is -0.113. The second-order valence-electron chi connectivity index (χ2n) is 5.15. The molecule has 2 heterocycles. The van der Waals surface area contributed by atoms with Crippen molar-refractivity contribution in [1.82, 2.24) is 15.2 Å². The SMILES string of the molecule is Cc1nnc(SCC(=O)Nc2ccc(Cc3ccncc3)cc2)s1. The molecule has 0 spiro atoms. The Balaban J connectivity index is 1.51. The third kappa shape index (κ3) is 4.87. The van der Waals surface area contributed by atoms with Gasteiger partial charge in [-0.05, 0) is 48.7 Å². The number of nitrogens with one attached hydrogen (secondary N) is 1. The number of carbonyl (C=O) groups excluding carboxylic acids is 1. The molecule has 2 aromatic heterocycles. The van der Waals surface area contributed by atoms with Crippen molar-refractivity contribution in [2.45, 2.75) is 17.7 Å². The molecule has 0 unspecified atom stereocenters. The molecule has 0 saturated carbocycles. The third-order valence-corrected chi connectivity index (χ3v) is 5.20. The minimum absolute atomic E-state index is 0.0465. The quantitative estimate of drug-likeness (QED) is 0.684. The molecule has 0 aliphatic rings. The van der Waals surface area contributed by atoms with Gasteiger partial charge in [-0.3, -0.25) is 9.78 Å². The van der Waals surface area contributed by atoms with E-state index in [-0.39, 0.29) is 5.91 Å². The van der Waals surface area contributed by atoms with Crippen LogP contribution >= 0.6 is 23.1 Å². The van der Waals surface area contributed by atoms with Crippen LogP contribution in [0.15, 0.2) is 53.1 Å². The molecule has 7 heteroatoms. The minimum atomic E-state index is -0.0465. The minimum Gasteiger partial charge on any atom is -0.325 e. The fourth-order valence-electron chi connectivity index (χ4n) is 2.10. The smallest absolute Gasteiger partial charge is 0.234 e. The van der Waals surface area contributed by atoms with Gasteiger partial charge in [0.25, 0.3) is 0 Å². The zero-order valence-corrected chi connectivity index (χ0v) is 14.7. The van der Waals surface area contributed by atoms with Crippen LogP contribution in [0.2, 0.25) is 0 Å². The van der Waals surface area contributed by atoms with Crippen molar-refractivity contribution < 1.29 is 4.79 Å². The Morgan fingerprint density at radius 1 is 1.08 bits per heavy atom. The highest BCUT2D eigenvalue weighted by Gasteiger charge is 2.07. The van der Waals surface area contributed by atoms with Crippen molar-refractivity contribution in [3.8, 4) is 0 Å². The summed E-state index contributed by atoms with van der Waals surface area (Å²) in [5, 5.41) is 11.7. The molecule has 0 aliphatic heterocycles. The van der Waals surface area contributed by atoms with Crippen LogP contribution in [0.4, 0.5) is 5.69 Å².